The molecular weight excluding hydrogens is 635 g/mol. The number of hydrogen-bond donors (Lipinski definition) is 7. The minimum atomic E-state index is -3.57. The van der Waals surface area contributed by atoms with Crippen LogP contribution < -0.4 is 10.6 Å². The zero-order chi connectivity index (χ0) is 34.5. The number of ether oxygens (including phenoxy) is 1. The van der Waals surface area contributed by atoms with Crippen molar-refractivity contribution in [2.75, 3.05) is 44.8 Å². The minimum Gasteiger partial charge on any atom is -0.479 e. The molecule has 0 saturated carbocycles. The molecule has 11 nitrogen and oxygen atoms in total. The summed E-state index contributed by atoms with van der Waals surface area (Å²) in [5.74, 6) is -9.08. The number of halogens is 5. The van der Waals surface area contributed by atoms with Crippen LogP contribution in [-0.4, -0.2) is 112 Å². The van der Waals surface area contributed by atoms with E-state index >= 15 is 8.78 Å². The lowest BCUT2D eigenvalue weighted by Crippen LogP contribution is -2.49. The summed E-state index contributed by atoms with van der Waals surface area (Å²) in [4.78, 5) is 27.4. The van der Waals surface area contributed by atoms with Crippen molar-refractivity contribution in [1.29, 1.82) is 0 Å². The highest BCUT2D eigenvalue weighted by atomic mass is 19.3. The first-order chi connectivity index (χ1) is 22.3. The third-order valence-electron chi connectivity index (χ3n) is 7.98. The highest BCUT2D eigenvalue weighted by Gasteiger charge is 2.43. The smallest absolute Gasteiger partial charge is 0.338 e. The zero-order valence-electron chi connectivity index (χ0n) is 25.4. The highest BCUT2D eigenvalue weighted by Crippen LogP contribution is 2.43. The summed E-state index contributed by atoms with van der Waals surface area (Å²) >= 11 is 0. The van der Waals surface area contributed by atoms with E-state index in [4.69, 9.17) is 9.84 Å². The number of esters is 1. The lowest BCUT2D eigenvalue weighted by Gasteiger charge is -2.42. The van der Waals surface area contributed by atoms with Gasteiger partial charge < -0.3 is 40.8 Å². The molecule has 5 atom stereocenters. The molecule has 0 radical (unpaired) electrons. The molecular formula is C31H37F5N4O7. The van der Waals surface area contributed by atoms with Gasteiger partial charge in [0, 0.05) is 40.4 Å². The van der Waals surface area contributed by atoms with Crippen LogP contribution >= 0.6 is 0 Å². The fourth-order valence-electron chi connectivity index (χ4n) is 5.70. The van der Waals surface area contributed by atoms with Crippen LogP contribution in [0.2, 0.25) is 0 Å². The number of para-hydroxylation sites is 1. The van der Waals surface area contributed by atoms with Gasteiger partial charge in [-0.3, -0.25) is 9.29 Å². The van der Waals surface area contributed by atoms with E-state index in [9.17, 15) is 38.1 Å². The first-order valence-electron chi connectivity index (χ1n) is 14.9. The molecule has 0 unspecified atom stereocenters. The van der Waals surface area contributed by atoms with Crippen molar-refractivity contribution in [3.8, 4) is 0 Å². The van der Waals surface area contributed by atoms with Crippen LogP contribution in [0.15, 0.2) is 36.4 Å². The molecule has 4 rings (SSSR count). The average Bonchev–Trinajstić information content (AvgIpc) is 3.39. The van der Waals surface area contributed by atoms with Crippen LogP contribution in [0.1, 0.15) is 36.2 Å². The number of benzene rings is 2. The summed E-state index contributed by atoms with van der Waals surface area (Å²) in [6.45, 7) is -1.85. The number of fused-ring (bicyclic) bond motifs is 3. The van der Waals surface area contributed by atoms with Crippen molar-refractivity contribution in [2.45, 2.75) is 56.0 Å². The largest absolute Gasteiger partial charge is 0.479 e. The number of aromatic nitrogens is 1. The summed E-state index contributed by atoms with van der Waals surface area (Å²) in [5.41, 5.74) is 1.05. The van der Waals surface area contributed by atoms with Crippen molar-refractivity contribution in [2.24, 2.45) is 0 Å². The molecule has 7 N–H and O–H groups in total. The Bertz CT molecular complexity index is 1530. The maximum Gasteiger partial charge on any atom is 0.338 e. The standard InChI is InChI=1S/C31H37F5N4O7/c1-16-9-20-19-5-2-3-6-23(19)39-25(20)26(40(16)14-31(35,36)15-41)24-21(33)10-17(11-22(24)34)38-18(12-37-8-4-7-32)13-47-30(46)28(43)27(42)29(44)45/h2-3,5-6,10-11,16,18,26-28,37-39,41-43H,4,7-9,12-15H2,1H3,(H,44,45)/t16-,18+,26-,27-,28-/m1/s1. The summed E-state index contributed by atoms with van der Waals surface area (Å²) in [5, 5.41) is 43.7. The van der Waals surface area contributed by atoms with E-state index in [0.29, 0.717) is 17.6 Å². The number of anilines is 1. The van der Waals surface area contributed by atoms with E-state index in [1.165, 1.54) is 4.90 Å². The summed E-state index contributed by atoms with van der Waals surface area (Å²) in [6, 6.07) is 6.12. The number of aliphatic carboxylic acids is 1. The predicted molar refractivity (Wildman–Crippen MR) is 160 cm³/mol. The SMILES string of the molecule is C[C@@H]1Cc2c([nH]c3ccccc23)[C@@H](c2c(F)cc(N[C@@H](CNCCCF)COC(=O)[C@H](O)[C@@H](O)C(=O)O)cc2F)N1CC(F)(F)CO. The minimum absolute atomic E-state index is 0.0432. The van der Waals surface area contributed by atoms with Crippen molar-refractivity contribution >= 4 is 28.5 Å². The second-order valence-electron chi connectivity index (χ2n) is 11.5. The number of aliphatic hydroxyl groups excluding tert-OH is 3. The number of aliphatic hydroxyl groups is 3. The summed E-state index contributed by atoms with van der Waals surface area (Å²) in [6.07, 6.45) is -4.43. The Hall–Kier alpha value is -3.83. The average molecular weight is 673 g/mol. The molecule has 0 bridgehead atoms. The number of carbonyl (C=O) groups excluding carboxylic acids is 1. The molecule has 0 amide bonds. The van der Waals surface area contributed by atoms with E-state index in [1.807, 2.05) is 6.07 Å². The topological polar surface area (TPSA) is 167 Å². The Morgan fingerprint density at radius 1 is 1.15 bits per heavy atom. The first kappa shape index (κ1) is 36.0. The lowest BCUT2D eigenvalue weighted by molar-refractivity contribution is -0.170. The van der Waals surface area contributed by atoms with Crippen molar-refractivity contribution in [3.63, 3.8) is 0 Å². The Kier molecular flexibility index (Phi) is 11.8. The number of H-pyrrole nitrogens is 1. The van der Waals surface area contributed by atoms with Gasteiger partial charge in [0.25, 0.3) is 5.92 Å². The molecule has 47 heavy (non-hydrogen) atoms. The number of carboxylic acids is 1. The molecule has 0 fully saturated rings. The summed E-state index contributed by atoms with van der Waals surface area (Å²) in [7, 11) is 0. The van der Waals surface area contributed by atoms with Gasteiger partial charge in [0.2, 0.25) is 0 Å². The van der Waals surface area contributed by atoms with Gasteiger partial charge in [-0.05, 0) is 50.1 Å². The molecule has 1 aliphatic rings. The maximum absolute atomic E-state index is 16.0. The fourth-order valence-corrected chi connectivity index (χ4v) is 5.70. The Labute approximate surface area is 266 Å². The van der Waals surface area contributed by atoms with E-state index < -0.39 is 91.8 Å². The number of carbonyl (C=O) groups is 2. The molecule has 0 aliphatic carbocycles. The first-order valence-corrected chi connectivity index (χ1v) is 14.9. The molecule has 1 aromatic heterocycles. The van der Waals surface area contributed by atoms with Gasteiger partial charge in [-0.1, -0.05) is 18.2 Å². The van der Waals surface area contributed by atoms with Crippen LogP contribution in [0.25, 0.3) is 10.9 Å². The van der Waals surface area contributed by atoms with Gasteiger partial charge in [-0.2, -0.15) is 0 Å². The van der Waals surface area contributed by atoms with Gasteiger partial charge in [0.15, 0.2) is 12.2 Å². The van der Waals surface area contributed by atoms with Crippen molar-refractivity contribution in [1.82, 2.24) is 15.2 Å². The van der Waals surface area contributed by atoms with Gasteiger partial charge in [-0.15, -0.1) is 0 Å². The highest BCUT2D eigenvalue weighted by molar-refractivity contribution is 5.85. The molecule has 1 aliphatic heterocycles. The number of rotatable bonds is 16. The monoisotopic (exact) mass is 672 g/mol. The van der Waals surface area contributed by atoms with Gasteiger partial charge in [-0.25, -0.2) is 27.2 Å². The van der Waals surface area contributed by atoms with E-state index in [2.05, 4.69) is 15.6 Å². The molecule has 258 valence electrons. The number of nitrogens with one attached hydrogen (secondary N) is 3. The van der Waals surface area contributed by atoms with E-state index in [0.717, 1.165) is 23.1 Å². The second kappa shape index (κ2) is 15.4. The Morgan fingerprint density at radius 3 is 2.47 bits per heavy atom. The Morgan fingerprint density at radius 2 is 1.83 bits per heavy atom. The van der Waals surface area contributed by atoms with E-state index in [1.54, 1.807) is 25.1 Å². The molecule has 0 saturated heterocycles. The molecule has 16 heteroatoms. The molecule has 0 spiro atoms. The number of aromatic amines is 1. The van der Waals surface area contributed by atoms with Crippen LogP contribution in [0, 0.1) is 11.6 Å². The third-order valence-corrected chi connectivity index (χ3v) is 7.98. The fraction of sp³-hybridized carbons (Fsp3) is 0.484. The lowest BCUT2D eigenvalue weighted by atomic mass is 9.87. The van der Waals surface area contributed by atoms with Crippen LogP contribution in [0.3, 0.4) is 0 Å². The maximum atomic E-state index is 16.0. The number of carboxylic acid groups (broad SMARTS) is 1. The zero-order valence-corrected chi connectivity index (χ0v) is 25.4. The number of hydrogen-bond acceptors (Lipinski definition) is 9. The number of nitrogens with zero attached hydrogens (tertiary/aromatic N) is 1. The predicted octanol–water partition coefficient (Wildman–Crippen LogP) is 2.49. The van der Waals surface area contributed by atoms with Crippen LogP contribution in [0.5, 0.6) is 0 Å². The van der Waals surface area contributed by atoms with Crippen LogP contribution in [-0.2, 0) is 20.7 Å². The number of alkyl halides is 3. The normalized spacial score (nSPS) is 18.8. The van der Waals surface area contributed by atoms with Crippen LogP contribution in [0.4, 0.5) is 27.6 Å². The van der Waals surface area contributed by atoms with Gasteiger partial charge >= 0.3 is 11.9 Å². The molecule has 2 heterocycles. The van der Waals surface area contributed by atoms with Crippen molar-refractivity contribution < 1.29 is 56.7 Å². The quantitative estimate of drug-likeness (QED) is 0.0683. The molecule has 2 aromatic carbocycles. The summed E-state index contributed by atoms with van der Waals surface area (Å²) < 4.78 is 78.7. The second-order valence-corrected chi connectivity index (χ2v) is 11.5. The third kappa shape index (κ3) is 8.37. The Balaban J connectivity index is 1.66. The van der Waals surface area contributed by atoms with Crippen molar-refractivity contribution in [3.05, 3.63) is 64.9 Å². The molecule has 3 aromatic rings. The van der Waals surface area contributed by atoms with Gasteiger partial charge in [0.1, 0.15) is 24.8 Å². The van der Waals surface area contributed by atoms with E-state index in [-0.39, 0.29) is 25.2 Å². The van der Waals surface area contributed by atoms with Gasteiger partial charge in [0.05, 0.1) is 25.3 Å².